The first-order valence-electron chi connectivity index (χ1n) is 11.1. The molecule has 3 rings (SSSR count). The van der Waals surface area contributed by atoms with E-state index in [1.165, 1.54) is 0 Å². The van der Waals surface area contributed by atoms with Gasteiger partial charge in [0.05, 0.1) is 6.10 Å². The average molecular weight is 472 g/mol. The minimum atomic E-state index is -0.451. The van der Waals surface area contributed by atoms with Crippen molar-refractivity contribution in [2.75, 3.05) is 13.1 Å². The number of nitrogens with zero attached hydrogens (tertiary/aromatic N) is 2. The highest BCUT2D eigenvalue weighted by atomic mass is 35.5. The van der Waals surface area contributed by atoms with Crippen molar-refractivity contribution in [2.45, 2.75) is 51.9 Å². The summed E-state index contributed by atoms with van der Waals surface area (Å²) in [6, 6.07) is 8.91. The molecule has 2 heterocycles. The van der Waals surface area contributed by atoms with Gasteiger partial charge in [0.15, 0.2) is 0 Å². The van der Waals surface area contributed by atoms with Gasteiger partial charge in [0, 0.05) is 62.2 Å². The monoisotopic (exact) mass is 471 g/mol. The molecular weight excluding hydrogens is 442 g/mol. The summed E-state index contributed by atoms with van der Waals surface area (Å²) < 4.78 is 6.25. The second kappa shape index (κ2) is 11.8. The van der Waals surface area contributed by atoms with Crippen LogP contribution in [0.3, 0.4) is 0 Å². The van der Waals surface area contributed by atoms with Gasteiger partial charge in [-0.25, -0.2) is 0 Å². The summed E-state index contributed by atoms with van der Waals surface area (Å²) in [5.74, 6) is 0.323. The molecule has 1 aromatic heterocycles. The van der Waals surface area contributed by atoms with Crippen LogP contribution in [0.1, 0.15) is 54.7 Å². The maximum absolute atomic E-state index is 12.7. The number of pyridine rings is 1. The zero-order valence-electron chi connectivity index (χ0n) is 19.0. The van der Waals surface area contributed by atoms with E-state index in [4.69, 9.17) is 16.3 Å². The molecule has 1 aromatic carbocycles. The van der Waals surface area contributed by atoms with Crippen molar-refractivity contribution in [3.8, 4) is 5.75 Å². The zero-order chi connectivity index (χ0) is 23.8. The minimum Gasteiger partial charge on any atom is -0.490 e. The van der Waals surface area contributed by atoms with Crippen LogP contribution in [0.5, 0.6) is 5.75 Å². The SMILES string of the molecule is CC(=O)N1CCC(Oc2cc(C(=O)NCc3ccc(Cl)cc3)ncc2/C=C/CC(C)O)CC1. The molecule has 1 aliphatic heterocycles. The number of ether oxygens (including phenoxy) is 1. The Hall–Kier alpha value is -2.90. The fourth-order valence-corrected chi connectivity index (χ4v) is 3.66. The molecule has 2 aromatic rings. The van der Waals surface area contributed by atoms with Crippen LogP contribution in [-0.4, -0.2) is 52.1 Å². The summed E-state index contributed by atoms with van der Waals surface area (Å²) in [5.41, 5.74) is 1.92. The Labute approximate surface area is 199 Å². The number of hydrogen-bond donors (Lipinski definition) is 2. The van der Waals surface area contributed by atoms with Crippen LogP contribution in [0.15, 0.2) is 42.6 Å². The molecule has 1 atom stereocenters. The summed E-state index contributed by atoms with van der Waals surface area (Å²) >= 11 is 5.91. The van der Waals surface area contributed by atoms with Gasteiger partial charge in [0.2, 0.25) is 5.91 Å². The number of benzene rings is 1. The molecule has 2 N–H and O–H groups in total. The third kappa shape index (κ3) is 7.58. The summed E-state index contributed by atoms with van der Waals surface area (Å²) in [5, 5.41) is 13.0. The number of hydrogen-bond acceptors (Lipinski definition) is 5. The predicted octanol–water partition coefficient (Wildman–Crippen LogP) is 3.84. The first-order chi connectivity index (χ1) is 15.8. The summed E-state index contributed by atoms with van der Waals surface area (Å²) in [6.45, 7) is 4.94. The van der Waals surface area contributed by atoms with E-state index >= 15 is 0 Å². The molecule has 7 nitrogen and oxygen atoms in total. The second-order valence-electron chi connectivity index (χ2n) is 8.23. The number of aromatic nitrogens is 1. The molecular formula is C25H30ClN3O4. The van der Waals surface area contributed by atoms with E-state index in [0.29, 0.717) is 36.8 Å². The predicted molar refractivity (Wildman–Crippen MR) is 128 cm³/mol. The van der Waals surface area contributed by atoms with Crippen LogP contribution < -0.4 is 10.1 Å². The molecule has 1 unspecified atom stereocenters. The molecule has 33 heavy (non-hydrogen) atoms. The van der Waals surface area contributed by atoms with Crippen molar-refractivity contribution in [1.82, 2.24) is 15.2 Å². The van der Waals surface area contributed by atoms with E-state index in [-0.39, 0.29) is 23.6 Å². The van der Waals surface area contributed by atoms with Gasteiger partial charge in [-0.3, -0.25) is 14.6 Å². The summed E-state index contributed by atoms with van der Waals surface area (Å²) in [6.07, 6.45) is 6.73. The fourth-order valence-electron chi connectivity index (χ4n) is 3.53. The number of rotatable bonds is 8. The van der Waals surface area contributed by atoms with Crippen LogP contribution in [0.4, 0.5) is 0 Å². The van der Waals surface area contributed by atoms with E-state index in [1.807, 2.05) is 29.2 Å². The minimum absolute atomic E-state index is 0.0584. The summed E-state index contributed by atoms with van der Waals surface area (Å²) in [4.78, 5) is 30.4. The molecule has 0 aliphatic carbocycles. The Morgan fingerprint density at radius 3 is 2.64 bits per heavy atom. The highest BCUT2D eigenvalue weighted by Crippen LogP contribution is 2.25. The topological polar surface area (TPSA) is 91.8 Å². The molecule has 0 spiro atoms. The molecule has 8 heteroatoms. The zero-order valence-corrected chi connectivity index (χ0v) is 19.7. The van der Waals surface area contributed by atoms with Crippen LogP contribution in [0.25, 0.3) is 6.08 Å². The third-order valence-electron chi connectivity index (χ3n) is 5.45. The first kappa shape index (κ1) is 24.7. The normalized spacial score (nSPS) is 15.5. The Kier molecular flexibility index (Phi) is 8.86. The standard InChI is InChI=1S/C25H30ClN3O4/c1-17(30)4-3-5-20-16-27-23(25(32)28-15-19-6-8-21(26)9-7-19)14-24(20)33-22-10-12-29(13-11-22)18(2)31/h3,5-9,14,16-17,22,30H,4,10-13,15H2,1-2H3,(H,28,32)/b5-3+. The second-order valence-corrected chi connectivity index (χ2v) is 8.66. The number of carbonyl (C=O) groups is 2. The van der Waals surface area contributed by atoms with E-state index < -0.39 is 6.10 Å². The highest BCUT2D eigenvalue weighted by molar-refractivity contribution is 6.30. The molecule has 2 amide bonds. The molecule has 1 fully saturated rings. The molecule has 176 valence electrons. The van der Waals surface area contributed by atoms with Crippen molar-refractivity contribution in [1.29, 1.82) is 0 Å². The van der Waals surface area contributed by atoms with Gasteiger partial charge in [-0.05, 0) is 31.0 Å². The van der Waals surface area contributed by atoms with Crippen molar-refractivity contribution >= 4 is 29.5 Å². The molecule has 1 saturated heterocycles. The quantitative estimate of drug-likeness (QED) is 0.610. The van der Waals surface area contributed by atoms with Gasteiger partial charge in [-0.15, -0.1) is 0 Å². The lowest BCUT2D eigenvalue weighted by Gasteiger charge is -2.31. The number of aliphatic hydroxyl groups excluding tert-OH is 1. The van der Waals surface area contributed by atoms with Gasteiger partial charge >= 0.3 is 0 Å². The van der Waals surface area contributed by atoms with E-state index in [0.717, 1.165) is 24.0 Å². The Morgan fingerprint density at radius 2 is 2.00 bits per heavy atom. The number of carbonyl (C=O) groups excluding carboxylic acids is 2. The van der Waals surface area contributed by atoms with Crippen molar-refractivity contribution in [3.05, 3.63) is 64.4 Å². The number of amides is 2. The Balaban J connectivity index is 1.72. The molecule has 0 radical (unpaired) electrons. The van der Waals surface area contributed by atoms with Gasteiger partial charge in [0.25, 0.3) is 5.91 Å². The number of piperidine rings is 1. The Morgan fingerprint density at radius 1 is 1.30 bits per heavy atom. The lowest BCUT2D eigenvalue weighted by molar-refractivity contribution is -0.130. The Bertz CT molecular complexity index is 984. The summed E-state index contributed by atoms with van der Waals surface area (Å²) in [7, 11) is 0. The number of aliphatic hydroxyl groups is 1. The first-order valence-corrected chi connectivity index (χ1v) is 11.5. The van der Waals surface area contributed by atoms with Crippen LogP contribution in [0, 0.1) is 0 Å². The molecule has 0 saturated carbocycles. The number of likely N-dealkylation sites (tertiary alicyclic amines) is 1. The van der Waals surface area contributed by atoms with E-state index in [2.05, 4.69) is 10.3 Å². The molecule has 0 bridgehead atoms. The lowest BCUT2D eigenvalue weighted by atomic mass is 10.1. The van der Waals surface area contributed by atoms with Crippen molar-refractivity contribution in [2.24, 2.45) is 0 Å². The van der Waals surface area contributed by atoms with Gasteiger partial charge in [-0.1, -0.05) is 35.9 Å². The van der Waals surface area contributed by atoms with Crippen LogP contribution in [0.2, 0.25) is 5.02 Å². The third-order valence-corrected chi connectivity index (χ3v) is 5.70. The largest absolute Gasteiger partial charge is 0.490 e. The van der Waals surface area contributed by atoms with Crippen molar-refractivity contribution in [3.63, 3.8) is 0 Å². The van der Waals surface area contributed by atoms with Crippen LogP contribution >= 0.6 is 11.6 Å². The van der Waals surface area contributed by atoms with E-state index in [9.17, 15) is 14.7 Å². The van der Waals surface area contributed by atoms with Crippen LogP contribution in [-0.2, 0) is 11.3 Å². The van der Waals surface area contributed by atoms with Gasteiger partial charge < -0.3 is 20.1 Å². The van der Waals surface area contributed by atoms with Crippen molar-refractivity contribution < 1.29 is 19.4 Å². The maximum Gasteiger partial charge on any atom is 0.270 e. The molecule has 1 aliphatic rings. The smallest absolute Gasteiger partial charge is 0.270 e. The van der Waals surface area contributed by atoms with Gasteiger partial charge in [-0.2, -0.15) is 0 Å². The average Bonchev–Trinajstić information content (AvgIpc) is 2.79. The number of halogens is 1. The lowest BCUT2D eigenvalue weighted by Crippen LogP contribution is -2.40. The van der Waals surface area contributed by atoms with E-state index in [1.54, 1.807) is 38.2 Å². The highest BCUT2D eigenvalue weighted by Gasteiger charge is 2.23. The fraction of sp³-hybridized carbons (Fsp3) is 0.400. The van der Waals surface area contributed by atoms with Gasteiger partial charge in [0.1, 0.15) is 17.5 Å². The maximum atomic E-state index is 12.7. The number of nitrogens with one attached hydrogen (secondary N) is 1.